The molecule has 0 aliphatic rings. The van der Waals surface area contributed by atoms with Crippen molar-refractivity contribution in [3.8, 4) is 0 Å². The molecule has 0 saturated carbocycles. The SMILES string of the molecule is COC(=O)[C@@H](Cc1cccc(C)c1)C(C)(C)C.COC(=O)[C@@H](N)C(C)(C)C.Cc1cccc(Br)c1. The van der Waals surface area contributed by atoms with E-state index in [4.69, 9.17) is 10.5 Å². The topological polar surface area (TPSA) is 78.6 Å². The van der Waals surface area contributed by atoms with Gasteiger partial charge in [0.15, 0.2) is 0 Å². The van der Waals surface area contributed by atoms with Crippen molar-refractivity contribution >= 4 is 27.9 Å². The minimum absolute atomic E-state index is 0.0865. The molecule has 35 heavy (non-hydrogen) atoms. The molecule has 2 aromatic rings. The number of rotatable bonds is 4. The molecule has 0 saturated heterocycles. The fourth-order valence-corrected chi connectivity index (χ4v) is 3.56. The molecule has 0 amide bonds. The summed E-state index contributed by atoms with van der Waals surface area (Å²) in [6, 6.07) is 16.0. The first-order valence-corrected chi connectivity index (χ1v) is 12.5. The number of esters is 2. The van der Waals surface area contributed by atoms with Crippen LogP contribution < -0.4 is 5.73 Å². The van der Waals surface area contributed by atoms with Gasteiger partial charge < -0.3 is 15.2 Å². The van der Waals surface area contributed by atoms with Gasteiger partial charge in [-0.3, -0.25) is 9.59 Å². The number of methoxy groups -OCH3 is 2. The van der Waals surface area contributed by atoms with Crippen LogP contribution in [0.1, 0.15) is 58.2 Å². The van der Waals surface area contributed by atoms with Gasteiger partial charge in [0.1, 0.15) is 6.04 Å². The van der Waals surface area contributed by atoms with Gasteiger partial charge in [-0.15, -0.1) is 0 Å². The second-order valence-electron chi connectivity index (χ2n) is 10.8. The summed E-state index contributed by atoms with van der Waals surface area (Å²) >= 11 is 3.36. The summed E-state index contributed by atoms with van der Waals surface area (Å²) in [7, 11) is 2.80. The van der Waals surface area contributed by atoms with Crippen LogP contribution in [0.5, 0.6) is 0 Å². The van der Waals surface area contributed by atoms with E-state index in [2.05, 4.69) is 85.6 Å². The van der Waals surface area contributed by atoms with E-state index >= 15 is 0 Å². The third-order valence-corrected chi connectivity index (χ3v) is 5.91. The Balaban J connectivity index is 0.000000544. The van der Waals surface area contributed by atoms with Gasteiger partial charge in [-0.2, -0.15) is 0 Å². The molecule has 0 fully saturated rings. The first-order valence-electron chi connectivity index (χ1n) is 11.7. The molecule has 2 N–H and O–H groups in total. The Morgan fingerprint density at radius 2 is 1.31 bits per heavy atom. The maximum atomic E-state index is 11.8. The Morgan fingerprint density at radius 3 is 1.63 bits per heavy atom. The summed E-state index contributed by atoms with van der Waals surface area (Å²) in [4.78, 5) is 22.6. The molecule has 0 aromatic heterocycles. The van der Waals surface area contributed by atoms with Crippen molar-refractivity contribution in [3.63, 3.8) is 0 Å². The third kappa shape index (κ3) is 13.5. The number of nitrogens with two attached hydrogens (primary N) is 1. The summed E-state index contributed by atoms with van der Waals surface area (Å²) < 4.78 is 10.5. The van der Waals surface area contributed by atoms with Crippen molar-refractivity contribution in [1.82, 2.24) is 0 Å². The summed E-state index contributed by atoms with van der Waals surface area (Å²) in [6.07, 6.45) is 0.734. The van der Waals surface area contributed by atoms with Crippen LogP contribution in [-0.4, -0.2) is 32.2 Å². The largest absolute Gasteiger partial charge is 0.469 e. The first kappa shape index (κ1) is 32.8. The highest BCUT2D eigenvalue weighted by Gasteiger charge is 2.32. The minimum atomic E-state index is -0.530. The van der Waals surface area contributed by atoms with Crippen LogP contribution in [0.4, 0.5) is 0 Å². The Morgan fingerprint density at radius 1 is 0.829 bits per heavy atom. The van der Waals surface area contributed by atoms with Crippen molar-refractivity contribution in [3.05, 3.63) is 69.7 Å². The van der Waals surface area contributed by atoms with E-state index in [1.165, 1.54) is 30.9 Å². The lowest BCUT2D eigenvalue weighted by atomic mass is 9.77. The number of hydrogen-bond donors (Lipinski definition) is 1. The lowest BCUT2D eigenvalue weighted by Gasteiger charge is -2.28. The van der Waals surface area contributed by atoms with Crippen molar-refractivity contribution in [2.24, 2.45) is 22.5 Å². The smallest absolute Gasteiger partial charge is 0.323 e. The van der Waals surface area contributed by atoms with E-state index in [-0.39, 0.29) is 28.7 Å². The number of ether oxygens (including phenoxy) is 2. The van der Waals surface area contributed by atoms with Gasteiger partial charge in [-0.05, 0) is 48.8 Å². The van der Waals surface area contributed by atoms with Gasteiger partial charge in [0.05, 0.1) is 20.1 Å². The average Bonchev–Trinajstić information content (AvgIpc) is 2.75. The molecule has 0 unspecified atom stereocenters. The monoisotopic (exact) mass is 549 g/mol. The van der Waals surface area contributed by atoms with Crippen LogP contribution in [0.25, 0.3) is 0 Å². The van der Waals surface area contributed by atoms with E-state index in [0.29, 0.717) is 0 Å². The molecule has 0 radical (unpaired) electrons. The number of carbonyl (C=O) groups excluding carboxylic acids is 2. The van der Waals surface area contributed by atoms with Crippen molar-refractivity contribution < 1.29 is 19.1 Å². The molecule has 0 aliphatic heterocycles. The van der Waals surface area contributed by atoms with Crippen LogP contribution >= 0.6 is 15.9 Å². The van der Waals surface area contributed by atoms with Gasteiger partial charge >= 0.3 is 11.9 Å². The Bertz CT molecular complexity index is 912. The molecule has 0 bridgehead atoms. The molecule has 0 spiro atoms. The number of carbonyl (C=O) groups is 2. The summed E-state index contributed by atoms with van der Waals surface area (Å²) in [6.45, 7) is 16.1. The molecule has 2 aromatic carbocycles. The molecular weight excluding hydrogens is 506 g/mol. The molecule has 6 heteroatoms. The molecular formula is C29H44BrNO4. The number of aryl methyl sites for hydroxylation is 2. The third-order valence-electron chi connectivity index (χ3n) is 5.42. The van der Waals surface area contributed by atoms with Gasteiger partial charge in [-0.1, -0.05) is 105 Å². The maximum absolute atomic E-state index is 11.8. The second kappa shape index (κ2) is 15.0. The summed E-state index contributed by atoms with van der Waals surface area (Å²) in [5, 5.41) is 0. The van der Waals surface area contributed by atoms with Gasteiger partial charge in [0.25, 0.3) is 0 Å². The predicted molar refractivity (Wildman–Crippen MR) is 148 cm³/mol. The summed E-state index contributed by atoms with van der Waals surface area (Å²) in [5.41, 5.74) is 8.93. The van der Waals surface area contributed by atoms with Crippen molar-refractivity contribution in [2.75, 3.05) is 14.2 Å². The van der Waals surface area contributed by atoms with Gasteiger partial charge in [0, 0.05) is 4.47 Å². The normalized spacial score (nSPS) is 12.7. The number of halogens is 1. The molecule has 2 rings (SSSR count). The zero-order valence-electron chi connectivity index (χ0n) is 23.1. The quantitative estimate of drug-likeness (QED) is 0.431. The van der Waals surface area contributed by atoms with Gasteiger partial charge in [-0.25, -0.2) is 0 Å². The molecule has 0 heterocycles. The Kier molecular flexibility index (Phi) is 14.1. The minimum Gasteiger partial charge on any atom is -0.469 e. The van der Waals surface area contributed by atoms with Crippen LogP contribution in [0.3, 0.4) is 0 Å². The molecule has 5 nitrogen and oxygen atoms in total. The lowest BCUT2D eigenvalue weighted by Crippen LogP contribution is -2.42. The summed E-state index contributed by atoms with van der Waals surface area (Å²) in [5.74, 6) is -0.583. The Hall–Kier alpha value is -2.18. The molecule has 196 valence electrons. The highest BCUT2D eigenvalue weighted by atomic mass is 79.9. The number of benzene rings is 2. The first-order chi connectivity index (χ1) is 16.0. The fourth-order valence-electron chi connectivity index (χ4n) is 3.05. The lowest BCUT2D eigenvalue weighted by molar-refractivity contribution is -0.149. The Labute approximate surface area is 220 Å². The van der Waals surface area contributed by atoms with Crippen LogP contribution in [0.15, 0.2) is 53.0 Å². The van der Waals surface area contributed by atoms with Crippen molar-refractivity contribution in [2.45, 2.75) is 67.9 Å². The molecule has 2 atom stereocenters. The average molecular weight is 551 g/mol. The van der Waals surface area contributed by atoms with Crippen LogP contribution in [0.2, 0.25) is 0 Å². The highest BCUT2D eigenvalue weighted by molar-refractivity contribution is 9.10. The zero-order valence-corrected chi connectivity index (χ0v) is 24.7. The van der Waals surface area contributed by atoms with Crippen LogP contribution in [0, 0.1) is 30.6 Å². The second-order valence-corrected chi connectivity index (χ2v) is 11.7. The van der Waals surface area contributed by atoms with E-state index in [9.17, 15) is 9.59 Å². The van der Waals surface area contributed by atoms with Crippen molar-refractivity contribution in [1.29, 1.82) is 0 Å². The van der Waals surface area contributed by atoms with E-state index in [0.717, 1.165) is 10.9 Å². The standard InChI is InChI=1S/C15H22O2.C7H7Br.C7H15NO2/c1-11-7-6-8-12(9-11)10-13(14(16)17-5)15(2,3)4;1-6-3-2-4-7(8)5-6;1-7(2,3)5(8)6(9)10-4/h6-9,13H,10H2,1-5H3;2-5H,1H3;5H,8H2,1-4H3/t13-;;5-/m1.1/s1. The zero-order chi connectivity index (χ0) is 27.4. The maximum Gasteiger partial charge on any atom is 0.323 e. The predicted octanol–water partition coefficient (Wildman–Crippen LogP) is 6.66. The number of hydrogen-bond acceptors (Lipinski definition) is 5. The fraction of sp³-hybridized carbons (Fsp3) is 0.517. The highest BCUT2D eigenvalue weighted by Crippen LogP contribution is 2.30. The molecule has 0 aliphatic carbocycles. The van der Waals surface area contributed by atoms with E-state index in [1.54, 1.807) is 0 Å². The van der Waals surface area contributed by atoms with Crippen LogP contribution in [-0.2, 0) is 25.5 Å². The van der Waals surface area contributed by atoms with E-state index < -0.39 is 6.04 Å². The van der Waals surface area contributed by atoms with Gasteiger partial charge in [0.2, 0.25) is 0 Å². The van der Waals surface area contributed by atoms with E-state index in [1.807, 2.05) is 39.0 Å².